The van der Waals surface area contributed by atoms with E-state index >= 15 is 0 Å². The molecule has 0 spiro atoms. The zero-order valence-electron chi connectivity index (χ0n) is 11.0. The molecule has 112 valence electrons. The average molecular weight is 346 g/mol. The molecular formula is C13H13Cl2N3O2S. The Balaban J connectivity index is 2.38. The van der Waals surface area contributed by atoms with Crippen molar-refractivity contribution in [3.05, 3.63) is 45.9 Å². The summed E-state index contributed by atoms with van der Waals surface area (Å²) in [6.07, 6.45) is 0. The van der Waals surface area contributed by atoms with E-state index in [9.17, 15) is 8.42 Å². The van der Waals surface area contributed by atoms with E-state index in [-0.39, 0.29) is 10.6 Å². The van der Waals surface area contributed by atoms with Gasteiger partial charge in [0.15, 0.2) is 0 Å². The molecule has 0 heterocycles. The van der Waals surface area contributed by atoms with E-state index in [0.29, 0.717) is 21.4 Å². The molecule has 8 heteroatoms. The van der Waals surface area contributed by atoms with Gasteiger partial charge in [-0.1, -0.05) is 23.2 Å². The van der Waals surface area contributed by atoms with E-state index in [4.69, 9.17) is 34.1 Å². The first-order chi connectivity index (χ1) is 9.68. The minimum absolute atomic E-state index is 0.0526. The number of nitrogens with one attached hydrogen (secondary N) is 1. The first-order valence-corrected chi connectivity index (χ1v) is 8.13. The number of sulfonamides is 1. The maximum atomic E-state index is 11.3. The molecule has 5 nitrogen and oxygen atoms in total. The van der Waals surface area contributed by atoms with Crippen LogP contribution in [0.15, 0.2) is 35.2 Å². The summed E-state index contributed by atoms with van der Waals surface area (Å²) in [5.41, 5.74) is 7.77. The van der Waals surface area contributed by atoms with Crippen molar-refractivity contribution in [3.8, 4) is 0 Å². The second-order valence-electron chi connectivity index (χ2n) is 4.50. The van der Waals surface area contributed by atoms with Gasteiger partial charge in [0, 0.05) is 10.7 Å². The van der Waals surface area contributed by atoms with Gasteiger partial charge < -0.3 is 11.1 Å². The molecular weight excluding hydrogens is 333 g/mol. The molecule has 0 unspecified atom stereocenters. The molecule has 0 aromatic heterocycles. The number of aryl methyl sites for hydroxylation is 1. The van der Waals surface area contributed by atoms with E-state index in [1.165, 1.54) is 12.1 Å². The molecule has 0 amide bonds. The van der Waals surface area contributed by atoms with Gasteiger partial charge >= 0.3 is 0 Å². The van der Waals surface area contributed by atoms with Crippen molar-refractivity contribution in [1.29, 1.82) is 0 Å². The second kappa shape index (κ2) is 5.73. The number of rotatable bonds is 3. The summed E-state index contributed by atoms with van der Waals surface area (Å²) in [4.78, 5) is -0.124. The molecule has 0 aliphatic heterocycles. The van der Waals surface area contributed by atoms with E-state index in [0.717, 1.165) is 5.56 Å². The van der Waals surface area contributed by atoms with Gasteiger partial charge in [-0.05, 0) is 42.8 Å². The highest BCUT2D eigenvalue weighted by molar-refractivity contribution is 7.89. The van der Waals surface area contributed by atoms with Crippen LogP contribution in [0.25, 0.3) is 0 Å². The zero-order chi connectivity index (χ0) is 15.8. The lowest BCUT2D eigenvalue weighted by Gasteiger charge is -2.12. The zero-order valence-corrected chi connectivity index (χ0v) is 13.4. The van der Waals surface area contributed by atoms with Gasteiger partial charge in [0.05, 0.1) is 16.4 Å². The van der Waals surface area contributed by atoms with E-state index in [1.807, 2.05) is 6.92 Å². The van der Waals surface area contributed by atoms with Gasteiger partial charge in [-0.2, -0.15) is 0 Å². The standard InChI is InChI=1S/C13H13Cl2N3O2S/c1-7-4-10(15)12(6-9(7)14)18-8-2-3-13(11(16)5-8)21(17,19)20/h2-6,18H,16H2,1H3,(H2,17,19,20). The highest BCUT2D eigenvalue weighted by Gasteiger charge is 2.13. The number of hydrogen-bond donors (Lipinski definition) is 3. The summed E-state index contributed by atoms with van der Waals surface area (Å²) in [7, 11) is -3.84. The Morgan fingerprint density at radius 1 is 1.10 bits per heavy atom. The summed E-state index contributed by atoms with van der Waals surface area (Å²) in [6, 6.07) is 7.75. The van der Waals surface area contributed by atoms with Crippen molar-refractivity contribution in [2.45, 2.75) is 11.8 Å². The highest BCUT2D eigenvalue weighted by atomic mass is 35.5. The first kappa shape index (κ1) is 15.9. The Kier molecular flexibility index (Phi) is 4.34. The van der Waals surface area contributed by atoms with Gasteiger partial charge in [-0.25, -0.2) is 13.6 Å². The fraction of sp³-hybridized carbons (Fsp3) is 0.0769. The van der Waals surface area contributed by atoms with Crippen molar-refractivity contribution in [2.24, 2.45) is 5.14 Å². The molecule has 0 aliphatic carbocycles. The largest absolute Gasteiger partial charge is 0.398 e. The normalized spacial score (nSPS) is 11.4. The third-order valence-corrected chi connectivity index (χ3v) is 4.55. The summed E-state index contributed by atoms with van der Waals surface area (Å²) in [6.45, 7) is 1.84. The van der Waals surface area contributed by atoms with Crippen LogP contribution in [0.4, 0.5) is 17.1 Å². The summed E-state index contributed by atoms with van der Waals surface area (Å²) >= 11 is 12.2. The van der Waals surface area contributed by atoms with Gasteiger partial charge in [0.2, 0.25) is 10.0 Å². The molecule has 0 aliphatic rings. The third kappa shape index (κ3) is 3.59. The molecule has 2 rings (SSSR count). The third-order valence-electron chi connectivity index (χ3n) is 2.84. The fourth-order valence-electron chi connectivity index (χ4n) is 1.78. The predicted octanol–water partition coefficient (Wildman–Crippen LogP) is 3.28. The maximum absolute atomic E-state index is 11.3. The number of nitrogen functional groups attached to an aromatic ring is 1. The monoisotopic (exact) mass is 345 g/mol. The number of anilines is 3. The predicted molar refractivity (Wildman–Crippen MR) is 86.7 cm³/mol. The number of hydrogen-bond acceptors (Lipinski definition) is 4. The number of nitrogens with two attached hydrogens (primary N) is 2. The molecule has 2 aromatic rings. The number of primary sulfonamides is 1. The van der Waals surface area contributed by atoms with Crippen LogP contribution < -0.4 is 16.2 Å². The lowest BCUT2D eigenvalue weighted by molar-refractivity contribution is 0.598. The molecule has 0 atom stereocenters. The van der Waals surface area contributed by atoms with Crippen LogP contribution in [0.5, 0.6) is 0 Å². The van der Waals surface area contributed by atoms with Crippen LogP contribution in [-0.2, 0) is 10.0 Å². The van der Waals surface area contributed by atoms with Crippen molar-refractivity contribution < 1.29 is 8.42 Å². The quantitative estimate of drug-likeness (QED) is 0.743. The van der Waals surface area contributed by atoms with Crippen LogP contribution in [0, 0.1) is 6.92 Å². The van der Waals surface area contributed by atoms with E-state index in [1.54, 1.807) is 18.2 Å². The van der Waals surface area contributed by atoms with Gasteiger partial charge in [0.1, 0.15) is 4.90 Å². The lowest BCUT2D eigenvalue weighted by atomic mass is 10.2. The minimum Gasteiger partial charge on any atom is -0.398 e. The van der Waals surface area contributed by atoms with Crippen LogP contribution in [-0.4, -0.2) is 8.42 Å². The average Bonchev–Trinajstić information content (AvgIpc) is 2.34. The van der Waals surface area contributed by atoms with Gasteiger partial charge in [-0.15, -0.1) is 0 Å². The molecule has 2 aromatic carbocycles. The molecule has 5 N–H and O–H groups in total. The van der Waals surface area contributed by atoms with Crippen LogP contribution in [0.1, 0.15) is 5.56 Å². The van der Waals surface area contributed by atoms with Gasteiger partial charge in [-0.3, -0.25) is 0 Å². The SMILES string of the molecule is Cc1cc(Cl)c(Nc2ccc(S(N)(=O)=O)c(N)c2)cc1Cl. The van der Waals surface area contributed by atoms with Crippen LogP contribution in [0.3, 0.4) is 0 Å². The molecule has 0 radical (unpaired) electrons. The Labute approximate surface area is 132 Å². The van der Waals surface area contributed by atoms with Crippen LogP contribution >= 0.6 is 23.2 Å². The summed E-state index contributed by atoms with van der Waals surface area (Å²) < 4.78 is 22.6. The van der Waals surface area contributed by atoms with E-state index in [2.05, 4.69) is 5.32 Å². The smallest absolute Gasteiger partial charge is 0.240 e. The first-order valence-electron chi connectivity index (χ1n) is 5.83. The molecule has 0 fully saturated rings. The highest BCUT2D eigenvalue weighted by Crippen LogP contribution is 2.32. The molecule has 0 saturated heterocycles. The number of halogens is 2. The second-order valence-corrected chi connectivity index (χ2v) is 6.85. The van der Waals surface area contributed by atoms with Crippen molar-refractivity contribution in [3.63, 3.8) is 0 Å². The van der Waals surface area contributed by atoms with Gasteiger partial charge in [0.25, 0.3) is 0 Å². The van der Waals surface area contributed by atoms with Crippen molar-refractivity contribution in [2.75, 3.05) is 11.1 Å². The lowest BCUT2D eigenvalue weighted by Crippen LogP contribution is -2.14. The Morgan fingerprint density at radius 2 is 1.76 bits per heavy atom. The Morgan fingerprint density at radius 3 is 2.33 bits per heavy atom. The molecule has 21 heavy (non-hydrogen) atoms. The van der Waals surface area contributed by atoms with Crippen molar-refractivity contribution >= 4 is 50.3 Å². The fourth-order valence-corrected chi connectivity index (χ4v) is 2.86. The maximum Gasteiger partial charge on any atom is 0.240 e. The molecule has 0 bridgehead atoms. The Bertz CT molecular complexity index is 807. The Hall–Kier alpha value is -1.47. The minimum atomic E-state index is -3.84. The number of benzene rings is 2. The summed E-state index contributed by atoms with van der Waals surface area (Å²) in [5.74, 6) is 0. The topological polar surface area (TPSA) is 98.2 Å². The summed E-state index contributed by atoms with van der Waals surface area (Å²) in [5, 5.41) is 9.14. The van der Waals surface area contributed by atoms with Crippen molar-refractivity contribution in [1.82, 2.24) is 0 Å². The molecule has 0 saturated carbocycles. The van der Waals surface area contributed by atoms with E-state index < -0.39 is 10.0 Å². The van der Waals surface area contributed by atoms with Crippen LogP contribution in [0.2, 0.25) is 10.0 Å².